The molecule has 0 radical (unpaired) electrons. The molecule has 0 aliphatic heterocycles. The molecule has 1 amide bonds. The number of hydrogen-bond acceptors (Lipinski definition) is 5. The van der Waals surface area contributed by atoms with Gasteiger partial charge in [-0.25, -0.2) is 9.78 Å². The third-order valence-electron chi connectivity index (χ3n) is 4.47. The minimum Gasteiger partial charge on any atom is -0.479 e. The second-order valence-corrected chi connectivity index (χ2v) is 7.10. The zero-order valence-electron chi connectivity index (χ0n) is 15.1. The lowest BCUT2D eigenvalue weighted by molar-refractivity contribution is -0.148. The van der Waals surface area contributed by atoms with Crippen LogP contribution in [0.5, 0.6) is 0 Å². The van der Waals surface area contributed by atoms with Crippen LogP contribution in [0.25, 0.3) is 10.8 Å². The summed E-state index contributed by atoms with van der Waals surface area (Å²) in [4.78, 5) is 30.0. The number of thiophene rings is 1. The molecule has 2 aromatic heterocycles. The number of carbonyl (C=O) groups excluding carboxylic acids is 1. The summed E-state index contributed by atoms with van der Waals surface area (Å²) < 4.78 is 5.65. The lowest BCUT2D eigenvalue weighted by atomic mass is 9.87. The van der Waals surface area contributed by atoms with E-state index in [4.69, 9.17) is 4.42 Å². The van der Waals surface area contributed by atoms with Crippen LogP contribution < -0.4 is 5.32 Å². The molecule has 0 saturated carbocycles. The van der Waals surface area contributed by atoms with Crippen LogP contribution in [0.15, 0.2) is 52.3 Å². The molecule has 1 aromatic carbocycles. The van der Waals surface area contributed by atoms with Gasteiger partial charge in [-0.3, -0.25) is 4.79 Å². The van der Waals surface area contributed by atoms with Gasteiger partial charge in [-0.2, -0.15) is 0 Å². The van der Waals surface area contributed by atoms with Crippen molar-refractivity contribution >= 4 is 23.2 Å². The van der Waals surface area contributed by atoms with Crippen LogP contribution in [0, 0.1) is 6.92 Å². The van der Waals surface area contributed by atoms with Gasteiger partial charge in [0.25, 0.3) is 0 Å². The first kappa shape index (κ1) is 18.8. The molecule has 0 aliphatic rings. The van der Waals surface area contributed by atoms with E-state index in [9.17, 15) is 14.7 Å². The van der Waals surface area contributed by atoms with Gasteiger partial charge in [0.1, 0.15) is 5.76 Å². The third kappa shape index (κ3) is 3.78. The Kier molecular flexibility index (Phi) is 5.41. The van der Waals surface area contributed by atoms with E-state index in [-0.39, 0.29) is 12.8 Å². The Hall–Kier alpha value is -2.93. The van der Waals surface area contributed by atoms with Crippen molar-refractivity contribution in [1.82, 2.24) is 10.3 Å². The number of amides is 1. The Morgan fingerprint density at radius 1 is 1.22 bits per heavy atom. The lowest BCUT2D eigenvalue weighted by Crippen LogP contribution is -2.52. The van der Waals surface area contributed by atoms with Gasteiger partial charge < -0.3 is 14.8 Å². The highest BCUT2D eigenvalue weighted by molar-refractivity contribution is 7.13. The Labute approximate surface area is 160 Å². The molecule has 0 aliphatic carbocycles. The summed E-state index contributed by atoms with van der Waals surface area (Å²) in [6.45, 7) is 3.48. The number of rotatable bonds is 7. The normalized spacial score (nSPS) is 13.1. The summed E-state index contributed by atoms with van der Waals surface area (Å²) in [5.41, 5.74) is -0.448. The second kappa shape index (κ2) is 7.75. The average molecular weight is 384 g/mol. The zero-order valence-corrected chi connectivity index (χ0v) is 15.9. The molecule has 0 saturated heterocycles. The fourth-order valence-electron chi connectivity index (χ4n) is 2.95. The van der Waals surface area contributed by atoms with Crippen LogP contribution in [0.4, 0.5) is 0 Å². The second-order valence-electron chi connectivity index (χ2n) is 6.15. The first-order valence-corrected chi connectivity index (χ1v) is 9.44. The van der Waals surface area contributed by atoms with Crippen molar-refractivity contribution in [3.05, 3.63) is 64.9 Å². The SMILES string of the molecule is CCC(NC(=O)Cc1nc(-c2cccs2)oc1C)(C(=O)O)c1ccccc1. The van der Waals surface area contributed by atoms with Crippen molar-refractivity contribution in [2.75, 3.05) is 0 Å². The first-order chi connectivity index (χ1) is 13.0. The van der Waals surface area contributed by atoms with Crippen LogP contribution in [-0.2, 0) is 21.5 Å². The van der Waals surface area contributed by atoms with Gasteiger partial charge in [-0.05, 0) is 30.4 Å². The van der Waals surface area contributed by atoms with Crippen molar-refractivity contribution in [3.8, 4) is 10.8 Å². The molecule has 0 spiro atoms. The molecule has 6 nitrogen and oxygen atoms in total. The molecule has 0 bridgehead atoms. The van der Waals surface area contributed by atoms with E-state index >= 15 is 0 Å². The molecule has 3 rings (SSSR count). The number of aromatic nitrogens is 1. The fourth-order valence-corrected chi connectivity index (χ4v) is 3.60. The fraction of sp³-hybridized carbons (Fsp3) is 0.250. The molecular weight excluding hydrogens is 364 g/mol. The predicted octanol–water partition coefficient (Wildman–Crippen LogP) is 3.76. The van der Waals surface area contributed by atoms with Gasteiger partial charge >= 0.3 is 5.97 Å². The minimum absolute atomic E-state index is 0.0530. The molecule has 27 heavy (non-hydrogen) atoms. The monoisotopic (exact) mass is 384 g/mol. The summed E-state index contributed by atoms with van der Waals surface area (Å²) in [6, 6.07) is 12.5. The molecule has 2 heterocycles. The number of carboxylic acid groups (broad SMARTS) is 1. The molecule has 3 aromatic rings. The Morgan fingerprint density at radius 3 is 2.56 bits per heavy atom. The van der Waals surface area contributed by atoms with Gasteiger partial charge in [0, 0.05) is 0 Å². The van der Waals surface area contributed by atoms with Crippen molar-refractivity contribution in [3.63, 3.8) is 0 Å². The van der Waals surface area contributed by atoms with E-state index < -0.39 is 17.4 Å². The highest BCUT2D eigenvalue weighted by Crippen LogP contribution is 2.28. The predicted molar refractivity (Wildman–Crippen MR) is 102 cm³/mol. The lowest BCUT2D eigenvalue weighted by Gasteiger charge is -2.30. The maximum absolute atomic E-state index is 12.7. The van der Waals surface area contributed by atoms with Gasteiger partial charge in [-0.15, -0.1) is 11.3 Å². The highest BCUT2D eigenvalue weighted by atomic mass is 32.1. The number of benzene rings is 1. The van der Waals surface area contributed by atoms with Gasteiger partial charge in [0.05, 0.1) is 17.0 Å². The molecule has 1 atom stereocenters. The quantitative estimate of drug-likeness (QED) is 0.647. The van der Waals surface area contributed by atoms with Crippen LogP contribution in [0.2, 0.25) is 0 Å². The van der Waals surface area contributed by atoms with Gasteiger partial charge in [-0.1, -0.05) is 43.3 Å². The Balaban J connectivity index is 1.82. The molecule has 1 unspecified atom stereocenters. The van der Waals surface area contributed by atoms with Crippen molar-refractivity contribution in [2.45, 2.75) is 32.2 Å². The van der Waals surface area contributed by atoms with Crippen molar-refractivity contribution < 1.29 is 19.1 Å². The number of nitrogens with zero attached hydrogens (tertiary/aromatic N) is 1. The third-order valence-corrected chi connectivity index (χ3v) is 5.33. The molecule has 2 N–H and O–H groups in total. The van der Waals surface area contributed by atoms with Gasteiger partial charge in [0.2, 0.25) is 11.8 Å². The van der Waals surface area contributed by atoms with Gasteiger partial charge in [0.15, 0.2) is 5.54 Å². The molecule has 140 valence electrons. The number of hydrogen-bond donors (Lipinski definition) is 2. The van der Waals surface area contributed by atoms with E-state index in [1.165, 1.54) is 11.3 Å². The average Bonchev–Trinajstić information content (AvgIpc) is 3.30. The van der Waals surface area contributed by atoms with E-state index in [0.717, 1.165) is 4.88 Å². The number of carboxylic acids is 1. The van der Waals surface area contributed by atoms with E-state index in [1.807, 2.05) is 17.5 Å². The van der Waals surface area contributed by atoms with E-state index in [0.29, 0.717) is 22.9 Å². The Morgan fingerprint density at radius 2 is 1.96 bits per heavy atom. The van der Waals surface area contributed by atoms with Crippen LogP contribution in [0.3, 0.4) is 0 Å². The van der Waals surface area contributed by atoms with Crippen molar-refractivity contribution in [1.29, 1.82) is 0 Å². The summed E-state index contributed by atoms with van der Waals surface area (Å²) >= 11 is 1.50. The smallest absolute Gasteiger partial charge is 0.334 e. The van der Waals surface area contributed by atoms with Crippen molar-refractivity contribution in [2.24, 2.45) is 0 Å². The Bertz CT molecular complexity index is 934. The first-order valence-electron chi connectivity index (χ1n) is 8.56. The standard InChI is InChI=1S/C20H20N2O4S/c1-3-20(19(24)25,14-8-5-4-6-9-14)22-17(23)12-15-13(2)26-18(21-15)16-10-7-11-27-16/h4-11H,3,12H2,1-2H3,(H,22,23)(H,24,25). The number of nitrogens with one attached hydrogen (secondary N) is 1. The summed E-state index contributed by atoms with van der Waals surface area (Å²) in [5, 5.41) is 14.4. The van der Waals surface area contributed by atoms with Crippen LogP contribution in [0.1, 0.15) is 30.4 Å². The molecule has 0 fully saturated rings. The maximum Gasteiger partial charge on any atom is 0.334 e. The maximum atomic E-state index is 12.7. The largest absolute Gasteiger partial charge is 0.479 e. The number of aryl methyl sites for hydroxylation is 1. The number of oxazole rings is 1. The number of aliphatic carboxylic acids is 1. The van der Waals surface area contributed by atoms with Crippen LogP contribution in [-0.4, -0.2) is 22.0 Å². The van der Waals surface area contributed by atoms with E-state index in [2.05, 4.69) is 10.3 Å². The van der Waals surface area contributed by atoms with E-state index in [1.54, 1.807) is 44.2 Å². The van der Waals surface area contributed by atoms with Crippen LogP contribution >= 0.6 is 11.3 Å². The molecular formula is C20H20N2O4S. The highest BCUT2D eigenvalue weighted by Gasteiger charge is 2.40. The minimum atomic E-state index is -1.48. The summed E-state index contributed by atoms with van der Waals surface area (Å²) in [7, 11) is 0. The topological polar surface area (TPSA) is 92.4 Å². The summed E-state index contributed by atoms with van der Waals surface area (Å²) in [5.74, 6) is -0.503. The summed E-state index contributed by atoms with van der Waals surface area (Å²) in [6.07, 6.45) is 0.166. The molecule has 7 heteroatoms. The number of carbonyl (C=O) groups is 2. The zero-order chi connectivity index (χ0) is 19.4.